The molecule has 5 heteroatoms. The number of benzene rings is 2. The number of hydrogen-bond acceptors (Lipinski definition) is 3. The van der Waals surface area contributed by atoms with Crippen LogP contribution in [-0.4, -0.2) is 29.4 Å². The summed E-state index contributed by atoms with van der Waals surface area (Å²) in [5, 5.41) is 11.5. The Kier molecular flexibility index (Phi) is 3.71. The van der Waals surface area contributed by atoms with E-state index in [1.54, 1.807) is 12.1 Å². The Morgan fingerprint density at radius 1 is 1.09 bits per heavy atom. The molecule has 1 saturated heterocycles. The molecule has 4 rings (SSSR count). The summed E-state index contributed by atoms with van der Waals surface area (Å²) in [4.78, 5) is 0. The van der Waals surface area contributed by atoms with Crippen LogP contribution >= 0.6 is 0 Å². The van der Waals surface area contributed by atoms with Gasteiger partial charge in [0.2, 0.25) is 5.88 Å². The highest BCUT2D eigenvalue weighted by Gasteiger charge is 2.17. The number of nitrogens with zero attached hydrogens (tertiary/aromatic N) is 1. The molecule has 1 fully saturated rings. The lowest BCUT2D eigenvalue weighted by atomic mass is 10.0. The maximum atomic E-state index is 13.9. The monoisotopic (exact) mass is 311 g/mol. The van der Waals surface area contributed by atoms with Crippen molar-refractivity contribution < 1.29 is 9.13 Å². The Labute approximate surface area is 133 Å². The molecule has 23 heavy (non-hydrogen) atoms. The van der Waals surface area contributed by atoms with Gasteiger partial charge in [0, 0.05) is 5.56 Å². The maximum Gasteiger partial charge on any atom is 0.240 e. The Balaban J connectivity index is 1.65. The van der Waals surface area contributed by atoms with Crippen LogP contribution in [0.25, 0.3) is 22.0 Å². The molecule has 0 aliphatic carbocycles. The lowest BCUT2D eigenvalue weighted by molar-refractivity contribution is 0.158. The molecule has 0 unspecified atom stereocenters. The van der Waals surface area contributed by atoms with E-state index in [9.17, 15) is 4.39 Å². The highest BCUT2D eigenvalue weighted by Crippen LogP contribution is 2.30. The lowest BCUT2D eigenvalue weighted by Crippen LogP contribution is -2.34. The number of halogens is 1. The van der Waals surface area contributed by atoms with E-state index in [1.165, 1.54) is 6.07 Å². The molecule has 1 aromatic heterocycles. The predicted octanol–water partition coefficient (Wildman–Crippen LogP) is 3.50. The molecule has 0 radical (unpaired) electrons. The van der Waals surface area contributed by atoms with E-state index in [-0.39, 0.29) is 11.9 Å². The summed E-state index contributed by atoms with van der Waals surface area (Å²) < 4.78 is 20.0. The molecular weight excluding hydrogens is 293 g/mol. The molecule has 0 atom stereocenters. The molecule has 0 bridgehead atoms. The Bertz CT molecular complexity index is 824. The summed E-state index contributed by atoms with van der Waals surface area (Å²) in [5.41, 5.74) is 2.27. The van der Waals surface area contributed by atoms with Gasteiger partial charge in [0.25, 0.3) is 0 Å². The molecule has 0 spiro atoms. The van der Waals surface area contributed by atoms with Gasteiger partial charge < -0.3 is 10.1 Å². The fourth-order valence-electron chi connectivity index (χ4n) is 3.02. The zero-order valence-electron chi connectivity index (χ0n) is 12.7. The standard InChI is InChI=1S/C18H18FN3O/c19-16-4-2-1-3-14(16)12-5-6-15-17(11-12)21-22-18(15)23-13-7-9-20-10-8-13/h1-6,11,13,20H,7-10H2,(H,21,22). The highest BCUT2D eigenvalue weighted by atomic mass is 19.1. The third kappa shape index (κ3) is 2.80. The number of aromatic nitrogens is 2. The largest absolute Gasteiger partial charge is 0.473 e. The van der Waals surface area contributed by atoms with E-state index < -0.39 is 0 Å². The third-order valence-corrected chi connectivity index (χ3v) is 4.28. The predicted molar refractivity (Wildman–Crippen MR) is 88.0 cm³/mol. The first-order valence-corrected chi connectivity index (χ1v) is 7.92. The molecule has 3 aromatic rings. The second kappa shape index (κ2) is 6.01. The Morgan fingerprint density at radius 3 is 2.74 bits per heavy atom. The summed E-state index contributed by atoms with van der Waals surface area (Å²) in [6.45, 7) is 1.95. The molecule has 0 saturated carbocycles. The first kappa shape index (κ1) is 14.2. The van der Waals surface area contributed by atoms with Crippen molar-refractivity contribution in [2.24, 2.45) is 0 Å². The number of piperidine rings is 1. The number of rotatable bonds is 3. The van der Waals surface area contributed by atoms with Gasteiger partial charge in [-0.3, -0.25) is 5.10 Å². The average molecular weight is 311 g/mol. The molecule has 2 N–H and O–H groups in total. The van der Waals surface area contributed by atoms with Crippen LogP contribution in [0, 0.1) is 5.82 Å². The first-order chi connectivity index (χ1) is 11.3. The van der Waals surface area contributed by atoms with E-state index in [0.29, 0.717) is 11.4 Å². The maximum absolute atomic E-state index is 13.9. The summed E-state index contributed by atoms with van der Waals surface area (Å²) in [7, 11) is 0. The normalized spacial score (nSPS) is 15.9. The Morgan fingerprint density at radius 2 is 1.91 bits per heavy atom. The van der Waals surface area contributed by atoms with Gasteiger partial charge in [-0.1, -0.05) is 24.3 Å². The lowest BCUT2D eigenvalue weighted by Gasteiger charge is -2.22. The van der Waals surface area contributed by atoms with Gasteiger partial charge in [0.05, 0.1) is 10.9 Å². The van der Waals surface area contributed by atoms with E-state index in [0.717, 1.165) is 42.4 Å². The zero-order chi connectivity index (χ0) is 15.6. The number of fused-ring (bicyclic) bond motifs is 1. The molecule has 2 heterocycles. The first-order valence-electron chi connectivity index (χ1n) is 7.92. The van der Waals surface area contributed by atoms with E-state index in [1.807, 2.05) is 24.3 Å². The summed E-state index contributed by atoms with van der Waals surface area (Å²) in [5.74, 6) is 0.407. The van der Waals surface area contributed by atoms with Crippen LogP contribution in [0.15, 0.2) is 42.5 Å². The quantitative estimate of drug-likeness (QED) is 0.778. The van der Waals surface area contributed by atoms with E-state index >= 15 is 0 Å². The second-order valence-corrected chi connectivity index (χ2v) is 5.84. The fourth-order valence-corrected chi connectivity index (χ4v) is 3.02. The van der Waals surface area contributed by atoms with Crippen LogP contribution in [0.5, 0.6) is 5.88 Å². The molecule has 118 valence electrons. The van der Waals surface area contributed by atoms with Crippen molar-refractivity contribution in [1.82, 2.24) is 15.5 Å². The summed E-state index contributed by atoms with van der Waals surface area (Å²) in [6.07, 6.45) is 2.18. The zero-order valence-corrected chi connectivity index (χ0v) is 12.7. The SMILES string of the molecule is Fc1ccccc1-c1ccc2c(OC3CCNCC3)n[nH]c2c1. The topological polar surface area (TPSA) is 49.9 Å². The van der Waals surface area contributed by atoms with Gasteiger partial charge in [0.1, 0.15) is 11.9 Å². The smallest absolute Gasteiger partial charge is 0.240 e. The summed E-state index contributed by atoms with van der Waals surface area (Å²) >= 11 is 0. The van der Waals surface area contributed by atoms with Gasteiger partial charge >= 0.3 is 0 Å². The average Bonchev–Trinajstić information content (AvgIpc) is 2.98. The van der Waals surface area contributed by atoms with Gasteiger partial charge in [-0.05, 0) is 49.7 Å². The van der Waals surface area contributed by atoms with Crippen molar-refractivity contribution in [2.45, 2.75) is 18.9 Å². The van der Waals surface area contributed by atoms with Crippen LogP contribution < -0.4 is 10.1 Å². The van der Waals surface area contributed by atoms with Gasteiger partial charge in [-0.2, -0.15) is 0 Å². The number of nitrogens with one attached hydrogen (secondary N) is 2. The second-order valence-electron chi connectivity index (χ2n) is 5.84. The van der Waals surface area contributed by atoms with Crippen molar-refractivity contribution in [3.8, 4) is 17.0 Å². The van der Waals surface area contributed by atoms with Crippen LogP contribution in [0.3, 0.4) is 0 Å². The fraction of sp³-hybridized carbons (Fsp3) is 0.278. The van der Waals surface area contributed by atoms with Crippen molar-refractivity contribution in [3.05, 3.63) is 48.3 Å². The minimum absolute atomic E-state index is 0.203. The Hall–Kier alpha value is -2.40. The van der Waals surface area contributed by atoms with Crippen molar-refractivity contribution in [3.63, 3.8) is 0 Å². The van der Waals surface area contributed by atoms with Crippen LogP contribution in [0.2, 0.25) is 0 Å². The van der Waals surface area contributed by atoms with Gasteiger partial charge in [-0.15, -0.1) is 5.10 Å². The summed E-state index contributed by atoms with van der Waals surface area (Å²) in [6, 6.07) is 12.5. The molecular formula is C18H18FN3O. The van der Waals surface area contributed by atoms with Crippen molar-refractivity contribution in [1.29, 1.82) is 0 Å². The highest BCUT2D eigenvalue weighted by molar-refractivity contribution is 5.88. The van der Waals surface area contributed by atoms with E-state index in [2.05, 4.69) is 15.5 Å². The number of hydrogen-bond donors (Lipinski definition) is 2. The molecule has 1 aliphatic rings. The molecule has 2 aromatic carbocycles. The van der Waals surface area contributed by atoms with Crippen LogP contribution in [-0.2, 0) is 0 Å². The molecule has 4 nitrogen and oxygen atoms in total. The van der Waals surface area contributed by atoms with Gasteiger partial charge in [-0.25, -0.2) is 4.39 Å². The molecule has 0 amide bonds. The minimum Gasteiger partial charge on any atom is -0.473 e. The van der Waals surface area contributed by atoms with Crippen molar-refractivity contribution in [2.75, 3.05) is 13.1 Å². The molecule has 1 aliphatic heterocycles. The van der Waals surface area contributed by atoms with E-state index in [4.69, 9.17) is 4.74 Å². The van der Waals surface area contributed by atoms with Crippen LogP contribution in [0.1, 0.15) is 12.8 Å². The van der Waals surface area contributed by atoms with Gasteiger partial charge in [0.15, 0.2) is 0 Å². The number of ether oxygens (including phenoxy) is 1. The minimum atomic E-state index is -0.224. The van der Waals surface area contributed by atoms with Crippen LogP contribution in [0.4, 0.5) is 4.39 Å². The third-order valence-electron chi connectivity index (χ3n) is 4.28. The number of aromatic amines is 1. The van der Waals surface area contributed by atoms with Crippen molar-refractivity contribution >= 4 is 10.9 Å². The number of H-pyrrole nitrogens is 1.